The highest BCUT2D eigenvalue weighted by Crippen LogP contribution is 2.37. The van der Waals surface area contributed by atoms with E-state index in [1.807, 2.05) is 45.0 Å². The minimum atomic E-state index is -3.93. The Bertz CT molecular complexity index is 1030. The molecule has 0 amide bonds. The van der Waals surface area contributed by atoms with Crippen molar-refractivity contribution >= 4 is 21.6 Å². The van der Waals surface area contributed by atoms with Crippen LogP contribution in [0.1, 0.15) is 25.8 Å². The second-order valence-electron chi connectivity index (χ2n) is 6.27. The van der Waals surface area contributed by atoms with Crippen LogP contribution in [0.15, 0.2) is 68.0 Å². The lowest BCUT2D eigenvalue weighted by atomic mass is 10.1. The molecule has 142 valence electrons. The molecule has 0 bridgehead atoms. The molecule has 3 aromatic rings. The Morgan fingerprint density at radius 2 is 1.74 bits per heavy atom. The minimum Gasteiger partial charge on any atom is -0.428 e. The van der Waals surface area contributed by atoms with Gasteiger partial charge in [-0.15, -0.1) is 0 Å². The molecule has 2 aromatic carbocycles. The molecule has 0 aliphatic carbocycles. The molecule has 0 fully saturated rings. The zero-order chi connectivity index (χ0) is 19.6. The number of benzene rings is 2. The summed E-state index contributed by atoms with van der Waals surface area (Å²) < 4.78 is 45.2. The maximum atomic E-state index is 13.2. The maximum absolute atomic E-state index is 13.2. The van der Waals surface area contributed by atoms with Crippen LogP contribution in [-0.4, -0.2) is 18.7 Å². The van der Waals surface area contributed by atoms with Crippen LogP contribution in [0.2, 0.25) is 0 Å². The number of halogens is 1. The number of hydrogen-bond acceptors (Lipinski definition) is 5. The molecule has 0 saturated heterocycles. The fourth-order valence-electron chi connectivity index (χ4n) is 2.35. The zero-order valence-electron chi connectivity index (χ0n) is 15.3. The predicted molar refractivity (Wildman–Crippen MR) is 104 cm³/mol. The van der Waals surface area contributed by atoms with Crippen molar-refractivity contribution in [3.05, 3.63) is 59.9 Å². The van der Waals surface area contributed by atoms with Crippen LogP contribution in [0.5, 0.6) is 0 Å². The van der Waals surface area contributed by atoms with Crippen molar-refractivity contribution in [3.8, 4) is 11.5 Å². The van der Waals surface area contributed by atoms with Crippen molar-refractivity contribution < 1.29 is 17.2 Å². The Balaban J connectivity index is 2.11. The number of thioether (sulfide) groups is 1. The summed E-state index contributed by atoms with van der Waals surface area (Å²) in [6.45, 7) is 5.98. The van der Waals surface area contributed by atoms with Gasteiger partial charge in [0.05, 0.1) is 4.90 Å². The number of rotatable bonds is 6. The van der Waals surface area contributed by atoms with Gasteiger partial charge < -0.3 is 4.42 Å². The smallest absolute Gasteiger partial charge is 0.228 e. The van der Waals surface area contributed by atoms with E-state index in [9.17, 15) is 12.8 Å². The summed E-state index contributed by atoms with van der Waals surface area (Å²) in [7, 11) is -3.93. The van der Waals surface area contributed by atoms with E-state index in [1.54, 1.807) is 0 Å². The van der Waals surface area contributed by atoms with Crippen LogP contribution in [0.3, 0.4) is 0 Å². The lowest BCUT2D eigenvalue weighted by molar-refractivity contribution is 0.469. The first-order chi connectivity index (χ1) is 12.8. The van der Waals surface area contributed by atoms with Crippen LogP contribution in [0.4, 0.5) is 4.39 Å². The average molecular weight is 406 g/mol. The lowest BCUT2D eigenvalue weighted by Gasteiger charge is -2.07. The highest BCUT2D eigenvalue weighted by Gasteiger charge is 2.29. The third-order valence-corrected chi connectivity index (χ3v) is 7.16. The third kappa shape index (κ3) is 4.25. The van der Waals surface area contributed by atoms with Crippen molar-refractivity contribution in [2.45, 2.75) is 47.5 Å². The van der Waals surface area contributed by atoms with Gasteiger partial charge in [-0.1, -0.05) is 43.3 Å². The van der Waals surface area contributed by atoms with Crippen LogP contribution < -0.4 is 0 Å². The molecular weight excluding hydrogens is 385 g/mol. The van der Waals surface area contributed by atoms with Crippen LogP contribution >= 0.6 is 11.8 Å². The molecule has 0 unspecified atom stereocenters. The summed E-state index contributed by atoms with van der Waals surface area (Å²) in [5.41, 5.74) is 1.78. The van der Waals surface area contributed by atoms with E-state index in [4.69, 9.17) is 4.42 Å². The Hall–Kier alpha value is -2.12. The van der Waals surface area contributed by atoms with E-state index >= 15 is 0 Å². The Kier molecular flexibility index (Phi) is 5.72. The van der Waals surface area contributed by atoms with Crippen molar-refractivity contribution in [2.75, 3.05) is 0 Å². The highest BCUT2D eigenvalue weighted by molar-refractivity contribution is 8.00. The standard InChI is InChI=1S/C20H20FNO3S2/c1-4-14(3)26-20-19(27(23,24)17-11-9-16(21)10-12-17)22-18(25-20)15-7-5-13(2)6-8-15/h5-12,14H,4H2,1-3H3/t14-/m0/s1. The van der Waals surface area contributed by atoms with Crippen LogP contribution in [-0.2, 0) is 9.84 Å². The summed E-state index contributed by atoms with van der Waals surface area (Å²) in [5.74, 6) is -0.245. The van der Waals surface area contributed by atoms with Crippen molar-refractivity contribution in [3.63, 3.8) is 0 Å². The Morgan fingerprint density at radius 1 is 1.11 bits per heavy atom. The van der Waals surface area contributed by atoms with Gasteiger partial charge in [-0.3, -0.25) is 0 Å². The number of sulfone groups is 1. The van der Waals surface area contributed by atoms with Crippen molar-refractivity contribution in [2.24, 2.45) is 0 Å². The molecule has 3 rings (SSSR count). The number of aromatic nitrogens is 1. The fraction of sp³-hybridized carbons (Fsp3) is 0.250. The van der Waals surface area contributed by atoms with Crippen LogP contribution in [0.25, 0.3) is 11.5 Å². The number of hydrogen-bond donors (Lipinski definition) is 0. The van der Waals surface area contributed by atoms with Gasteiger partial charge >= 0.3 is 0 Å². The zero-order valence-corrected chi connectivity index (χ0v) is 16.9. The van der Waals surface area contributed by atoms with Crippen molar-refractivity contribution in [1.82, 2.24) is 4.98 Å². The van der Waals surface area contributed by atoms with Gasteiger partial charge in [-0.25, -0.2) is 12.8 Å². The summed E-state index contributed by atoms with van der Waals surface area (Å²) in [6, 6.07) is 12.2. The second kappa shape index (κ2) is 7.86. The average Bonchev–Trinajstić information content (AvgIpc) is 3.07. The third-order valence-electron chi connectivity index (χ3n) is 4.13. The molecule has 0 aliphatic rings. The van der Waals surface area contributed by atoms with E-state index in [1.165, 1.54) is 23.9 Å². The molecule has 0 spiro atoms. The summed E-state index contributed by atoms with van der Waals surface area (Å²) in [5, 5.41) is 0.283. The predicted octanol–water partition coefficient (Wildman–Crippen LogP) is 5.51. The van der Waals surface area contributed by atoms with Crippen molar-refractivity contribution in [1.29, 1.82) is 0 Å². The summed E-state index contributed by atoms with van der Waals surface area (Å²) in [4.78, 5) is 4.28. The van der Waals surface area contributed by atoms with E-state index in [2.05, 4.69) is 4.98 Å². The first-order valence-corrected chi connectivity index (χ1v) is 10.9. The second-order valence-corrected chi connectivity index (χ2v) is 9.55. The topological polar surface area (TPSA) is 60.2 Å². The summed E-state index contributed by atoms with van der Waals surface area (Å²) in [6.07, 6.45) is 0.848. The quantitative estimate of drug-likeness (QED) is 0.400. The summed E-state index contributed by atoms with van der Waals surface area (Å²) >= 11 is 1.33. The molecule has 7 heteroatoms. The SMILES string of the molecule is CC[C@H](C)Sc1oc(-c2ccc(C)cc2)nc1S(=O)(=O)c1ccc(F)cc1. The maximum Gasteiger partial charge on any atom is 0.228 e. The molecule has 0 aliphatic heterocycles. The normalized spacial score (nSPS) is 12.9. The van der Waals surface area contributed by atoms with E-state index < -0.39 is 15.7 Å². The van der Waals surface area contributed by atoms with Gasteiger partial charge in [0.2, 0.25) is 25.8 Å². The number of oxazole rings is 1. The molecule has 4 nitrogen and oxygen atoms in total. The number of aryl methyl sites for hydroxylation is 1. The molecule has 1 atom stereocenters. The van der Waals surface area contributed by atoms with Gasteiger partial charge in [0.1, 0.15) is 5.82 Å². The molecule has 1 heterocycles. The highest BCUT2D eigenvalue weighted by atomic mass is 32.2. The first kappa shape index (κ1) is 19.6. The molecule has 1 aromatic heterocycles. The fourth-order valence-corrected chi connectivity index (χ4v) is 4.81. The molecular formula is C20H20FNO3S2. The first-order valence-electron chi connectivity index (χ1n) is 8.56. The van der Waals surface area contributed by atoms with Gasteiger partial charge in [-0.05, 0) is 49.7 Å². The van der Waals surface area contributed by atoms with E-state index in [-0.39, 0.29) is 26.2 Å². The van der Waals surface area contributed by atoms with Gasteiger partial charge in [0, 0.05) is 10.8 Å². The van der Waals surface area contributed by atoms with Crippen LogP contribution in [0, 0.1) is 12.7 Å². The monoisotopic (exact) mass is 405 g/mol. The van der Waals surface area contributed by atoms with Gasteiger partial charge in [0.25, 0.3) is 0 Å². The Labute approximate surface area is 162 Å². The number of nitrogens with zero attached hydrogens (tertiary/aromatic N) is 1. The lowest BCUT2D eigenvalue weighted by Crippen LogP contribution is -2.05. The minimum absolute atomic E-state index is 0.0151. The van der Waals surface area contributed by atoms with Gasteiger partial charge in [-0.2, -0.15) is 4.98 Å². The van der Waals surface area contributed by atoms with E-state index in [0.29, 0.717) is 5.56 Å². The molecule has 0 N–H and O–H groups in total. The Morgan fingerprint density at radius 3 is 2.33 bits per heavy atom. The molecule has 27 heavy (non-hydrogen) atoms. The van der Waals surface area contributed by atoms with E-state index in [0.717, 1.165) is 24.1 Å². The molecule has 0 saturated carbocycles. The molecule has 0 radical (unpaired) electrons. The largest absolute Gasteiger partial charge is 0.428 e. The van der Waals surface area contributed by atoms with Gasteiger partial charge in [0.15, 0.2) is 0 Å².